The maximum absolute atomic E-state index is 12.2. The van der Waals surface area contributed by atoms with Gasteiger partial charge in [-0.05, 0) is 43.5 Å². The molecule has 0 bridgehead atoms. The van der Waals surface area contributed by atoms with Crippen LogP contribution in [0, 0.1) is 5.41 Å². The number of ether oxygens (including phenoxy) is 1. The second-order valence-corrected chi connectivity index (χ2v) is 6.27. The minimum atomic E-state index is -0.260. The van der Waals surface area contributed by atoms with Gasteiger partial charge in [0, 0.05) is 35.8 Å². The molecule has 2 N–H and O–H groups in total. The molecule has 5 heteroatoms. The van der Waals surface area contributed by atoms with Gasteiger partial charge in [0.05, 0.1) is 6.61 Å². The highest BCUT2D eigenvalue weighted by Crippen LogP contribution is 2.29. The number of amides is 1. The van der Waals surface area contributed by atoms with Gasteiger partial charge in [-0.2, -0.15) is 0 Å². The van der Waals surface area contributed by atoms with E-state index in [4.69, 9.17) is 16.3 Å². The van der Waals surface area contributed by atoms with Crippen LogP contribution >= 0.6 is 11.6 Å². The first-order valence-electron chi connectivity index (χ1n) is 7.45. The van der Waals surface area contributed by atoms with E-state index in [0.717, 1.165) is 18.4 Å². The van der Waals surface area contributed by atoms with E-state index in [1.807, 2.05) is 18.2 Å². The van der Waals surface area contributed by atoms with Crippen molar-refractivity contribution in [2.24, 2.45) is 5.41 Å². The van der Waals surface area contributed by atoms with Crippen LogP contribution in [0.1, 0.15) is 25.3 Å². The predicted octanol–water partition coefficient (Wildman–Crippen LogP) is 2.65. The first kappa shape index (κ1) is 17.0. The second-order valence-electron chi connectivity index (χ2n) is 5.84. The van der Waals surface area contributed by atoms with E-state index in [1.165, 1.54) is 0 Å². The highest BCUT2D eigenvalue weighted by molar-refractivity contribution is 6.30. The average molecular weight is 324 g/mol. The topological polar surface area (TPSA) is 58.6 Å². The number of rotatable bonds is 5. The van der Waals surface area contributed by atoms with Gasteiger partial charge in [0.2, 0.25) is 5.91 Å². The fraction of sp³-hybridized carbons (Fsp3) is 0.471. The molecule has 1 heterocycles. The zero-order valence-corrected chi connectivity index (χ0v) is 13.5. The summed E-state index contributed by atoms with van der Waals surface area (Å²) >= 11 is 5.94. The van der Waals surface area contributed by atoms with E-state index in [2.05, 4.69) is 5.32 Å². The van der Waals surface area contributed by atoms with Gasteiger partial charge in [0.1, 0.15) is 0 Å². The van der Waals surface area contributed by atoms with E-state index in [9.17, 15) is 9.90 Å². The number of hydrogen-bond donors (Lipinski definition) is 2. The van der Waals surface area contributed by atoms with Crippen molar-refractivity contribution in [3.8, 4) is 0 Å². The SMILES string of the molecule is C/C(=C/c1cccc(Cl)c1)C(=O)NCC1(CO)CCOCC1. The Bertz CT molecular complexity index is 551. The molecule has 1 aliphatic rings. The van der Waals surface area contributed by atoms with Gasteiger partial charge >= 0.3 is 0 Å². The lowest BCUT2D eigenvalue weighted by Gasteiger charge is -2.35. The third kappa shape index (κ3) is 4.57. The summed E-state index contributed by atoms with van der Waals surface area (Å²) in [7, 11) is 0. The molecule has 1 fully saturated rings. The van der Waals surface area contributed by atoms with Crippen LogP contribution < -0.4 is 5.32 Å². The normalized spacial score (nSPS) is 18.0. The number of halogens is 1. The van der Waals surface area contributed by atoms with Crippen LogP contribution in [0.4, 0.5) is 0 Å². The first-order chi connectivity index (χ1) is 10.5. The fourth-order valence-electron chi connectivity index (χ4n) is 2.51. The fourth-order valence-corrected chi connectivity index (χ4v) is 2.71. The van der Waals surface area contributed by atoms with E-state index in [1.54, 1.807) is 19.1 Å². The van der Waals surface area contributed by atoms with Crippen LogP contribution in [0.15, 0.2) is 29.8 Å². The molecule has 0 aromatic heterocycles. The van der Waals surface area contributed by atoms with Crippen molar-refractivity contribution >= 4 is 23.6 Å². The Hall–Kier alpha value is -1.36. The Morgan fingerprint density at radius 1 is 1.45 bits per heavy atom. The lowest BCUT2D eigenvalue weighted by atomic mass is 9.81. The Balaban J connectivity index is 1.96. The van der Waals surface area contributed by atoms with Gasteiger partial charge in [0.15, 0.2) is 0 Å². The molecule has 1 amide bonds. The van der Waals surface area contributed by atoms with E-state index < -0.39 is 0 Å². The summed E-state index contributed by atoms with van der Waals surface area (Å²) in [5.74, 6) is -0.126. The average Bonchev–Trinajstić information content (AvgIpc) is 2.53. The van der Waals surface area contributed by atoms with Gasteiger partial charge < -0.3 is 15.2 Å². The molecule has 1 aromatic rings. The van der Waals surface area contributed by atoms with Crippen LogP contribution in [-0.2, 0) is 9.53 Å². The third-order valence-corrected chi connectivity index (χ3v) is 4.34. The highest BCUT2D eigenvalue weighted by Gasteiger charge is 2.32. The molecule has 1 aromatic carbocycles. The predicted molar refractivity (Wildman–Crippen MR) is 87.7 cm³/mol. The van der Waals surface area contributed by atoms with Gasteiger partial charge in [-0.3, -0.25) is 4.79 Å². The number of aliphatic hydroxyl groups is 1. The number of aliphatic hydroxyl groups excluding tert-OH is 1. The molecule has 22 heavy (non-hydrogen) atoms. The van der Waals surface area contributed by atoms with Gasteiger partial charge in [0.25, 0.3) is 0 Å². The minimum absolute atomic E-state index is 0.0632. The number of nitrogens with one attached hydrogen (secondary N) is 1. The van der Waals surface area contributed by atoms with Crippen molar-refractivity contribution < 1.29 is 14.6 Å². The first-order valence-corrected chi connectivity index (χ1v) is 7.83. The Labute approximate surface area is 136 Å². The van der Waals surface area contributed by atoms with Crippen LogP contribution in [0.25, 0.3) is 6.08 Å². The molecular formula is C17H22ClNO3. The number of carbonyl (C=O) groups excluding carboxylic acids is 1. The van der Waals surface area contributed by atoms with Crippen molar-refractivity contribution in [1.29, 1.82) is 0 Å². The zero-order valence-electron chi connectivity index (χ0n) is 12.8. The monoisotopic (exact) mass is 323 g/mol. The molecule has 1 saturated heterocycles. The quantitative estimate of drug-likeness (QED) is 0.819. The Kier molecular flexibility index (Phi) is 6.00. The molecule has 0 aliphatic carbocycles. The summed E-state index contributed by atoms with van der Waals surface area (Å²) < 4.78 is 5.32. The molecule has 0 unspecified atom stereocenters. The number of benzene rings is 1. The molecule has 2 rings (SSSR count). The van der Waals surface area contributed by atoms with Crippen molar-refractivity contribution in [3.63, 3.8) is 0 Å². The van der Waals surface area contributed by atoms with E-state index >= 15 is 0 Å². The third-order valence-electron chi connectivity index (χ3n) is 4.10. The summed E-state index contributed by atoms with van der Waals surface area (Å²) in [4.78, 5) is 12.2. The molecule has 120 valence electrons. The van der Waals surface area contributed by atoms with Crippen molar-refractivity contribution in [2.75, 3.05) is 26.4 Å². The minimum Gasteiger partial charge on any atom is -0.396 e. The zero-order chi connectivity index (χ0) is 16.0. The Morgan fingerprint density at radius 3 is 2.82 bits per heavy atom. The summed E-state index contributed by atoms with van der Waals surface area (Å²) in [6.45, 7) is 3.56. The molecule has 1 aliphatic heterocycles. The molecule has 4 nitrogen and oxygen atoms in total. The summed E-state index contributed by atoms with van der Waals surface area (Å²) in [5, 5.41) is 13.2. The summed E-state index contributed by atoms with van der Waals surface area (Å²) in [6, 6.07) is 7.36. The summed E-state index contributed by atoms with van der Waals surface area (Å²) in [5.41, 5.74) is 1.25. The van der Waals surface area contributed by atoms with Crippen molar-refractivity contribution in [1.82, 2.24) is 5.32 Å². The smallest absolute Gasteiger partial charge is 0.246 e. The van der Waals surface area contributed by atoms with Crippen LogP contribution in [0.2, 0.25) is 5.02 Å². The maximum atomic E-state index is 12.2. The molecular weight excluding hydrogens is 302 g/mol. The highest BCUT2D eigenvalue weighted by atomic mass is 35.5. The standard InChI is InChI=1S/C17H22ClNO3/c1-13(9-14-3-2-4-15(18)10-14)16(21)19-11-17(12-20)5-7-22-8-6-17/h2-4,9-10,20H,5-8,11-12H2,1H3,(H,19,21)/b13-9-. The van der Waals surface area contributed by atoms with Crippen LogP contribution in [0.5, 0.6) is 0 Å². The van der Waals surface area contributed by atoms with E-state index in [-0.39, 0.29) is 17.9 Å². The lowest BCUT2D eigenvalue weighted by Crippen LogP contribution is -2.43. The lowest BCUT2D eigenvalue weighted by molar-refractivity contribution is -0.118. The molecule has 0 saturated carbocycles. The van der Waals surface area contributed by atoms with Crippen molar-refractivity contribution in [3.05, 3.63) is 40.4 Å². The Morgan fingerprint density at radius 2 is 2.18 bits per heavy atom. The van der Waals surface area contributed by atoms with Crippen LogP contribution in [0.3, 0.4) is 0 Å². The largest absolute Gasteiger partial charge is 0.396 e. The maximum Gasteiger partial charge on any atom is 0.246 e. The number of hydrogen-bond acceptors (Lipinski definition) is 3. The van der Waals surface area contributed by atoms with Gasteiger partial charge in [-0.1, -0.05) is 23.7 Å². The molecule has 0 radical (unpaired) electrons. The molecule has 0 atom stereocenters. The van der Waals surface area contributed by atoms with Crippen molar-refractivity contribution in [2.45, 2.75) is 19.8 Å². The van der Waals surface area contributed by atoms with Crippen LogP contribution in [-0.4, -0.2) is 37.4 Å². The number of carbonyl (C=O) groups is 1. The second kappa shape index (κ2) is 7.77. The van der Waals surface area contributed by atoms with Gasteiger partial charge in [-0.15, -0.1) is 0 Å². The molecule has 0 spiro atoms. The van der Waals surface area contributed by atoms with E-state index in [0.29, 0.717) is 30.4 Å². The van der Waals surface area contributed by atoms with Gasteiger partial charge in [-0.25, -0.2) is 0 Å². The summed E-state index contributed by atoms with van der Waals surface area (Å²) in [6.07, 6.45) is 3.33.